The van der Waals surface area contributed by atoms with Gasteiger partial charge in [-0.3, -0.25) is 9.59 Å². The maximum atomic E-state index is 12.0. The summed E-state index contributed by atoms with van der Waals surface area (Å²) in [6.07, 6.45) is 3.30. The molecule has 1 aliphatic carbocycles. The van der Waals surface area contributed by atoms with Gasteiger partial charge in [0.05, 0.1) is 17.9 Å². The Morgan fingerprint density at radius 2 is 1.95 bits per heavy atom. The molecule has 1 atom stereocenters. The molecule has 1 aliphatic rings. The van der Waals surface area contributed by atoms with E-state index in [2.05, 4.69) is 5.32 Å². The lowest BCUT2D eigenvalue weighted by Crippen LogP contribution is -2.42. The van der Waals surface area contributed by atoms with Gasteiger partial charge < -0.3 is 15.2 Å². The molecule has 1 aromatic carbocycles. The van der Waals surface area contributed by atoms with Crippen LogP contribution < -0.4 is 5.32 Å². The predicted molar refractivity (Wildman–Crippen MR) is 79.3 cm³/mol. The molecule has 1 saturated carbocycles. The van der Waals surface area contributed by atoms with Gasteiger partial charge in [0.15, 0.2) is 0 Å². The fourth-order valence-corrected chi connectivity index (χ4v) is 2.52. The van der Waals surface area contributed by atoms with Gasteiger partial charge in [-0.25, -0.2) is 0 Å². The zero-order chi connectivity index (χ0) is 15.5. The van der Waals surface area contributed by atoms with Crippen LogP contribution in [0.2, 0.25) is 0 Å². The number of methoxy groups -OCH3 is 1. The molecular weight excluding hydrogens is 270 g/mol. The van der Waals surface area contributed by atoms with Gasteiger partial charge in [-0.15, -0.1) is 0 Å². The van der Waals surface area contributed by atoms with Crippen LogP contribution >= 0.6 is 0 Å². The SMILES string of the molecule is COC1(CC(=O)Nc2ccc(C(C)C(=O)O)cc2)CCC1. The summed E-state index contributed by atoms with van der Waals surface area (Å²) >= 11 is 0. The fraction of sp³-hybridized carbons (Fsp3) is 0.500. The number of ether oxygens (including phenoxy) is 1. The largest absolute Gasteiger partial charge is 0.481 e. The highest BCUT2D eigenvalue weighted by molar-refractivity contribution is 5.91. The van der Waals surface area contributed by atoms with E-state index in [9.17, 15) is 9.59 Å². The van der Waals surface area contributed by atoms with E-state index >= 15 is 0 Å². The third kappa shape index (κ3) is 3.61. The van der Waals surface area contributed by atoms with E-state index in [0.717, 1.165) is 19.3 Å². The van der Waals surface area contributed by atoms with Gasteiger partial charge >= 0.3 is 5.97 Å². The lowest BCUT2D eigenvalue weighted by Gasteiger charge is -2.39. The van der Waals surface area contributed by atoms with Crippen molar-refractivity contribution in [3.8, 4) is 0 Å². The van der Waals surface area contributed by atoms with Crippen molar-refractivity contribution in [2.24, 2.45) is 0 Å². The van der Waals surface area contributed by atoms with Gasteiger partial charge in [0.25, 0.3) is 0 Å². The Bertz CT molecular complexity index is 514. The van der Waals surface area contributed by atoms with Crippen LogP contribution in [0.3, 0.4) is 0 Å². The normalized spacial score (nSPS) is 17.6. The monoisotopic (exact) mass is 291 g/mol. The number of anilines is 1. The molecular formula is C16H21NO4. The number of rotatable bonds is 6. The summed E-state index contributed by atoms with van der Waals surface area (Å²) in [5.41, 5.74) is 1.10. The Kier molecular flexibility index (Phi) is 4.63. The van der Waals surface area contributed by atoms with Crippen molar-refractivity contribution in [2.45, 2.75) is 44.1 Å². The molecule has 21 heavy (non-hydrogen) atoms. The van der Waals surface area contributed by atoms with Crippen LogP contribution in [0, 0.1) is 0 Å². The molecule has 1 amide bonds. The minimum atomic E-state index is -0.862. The zero-order valence-corrected chi connectivity index (χ0v) is 12.4. The van der Waals surface area contributed by atoms with E-state index < -0.39 is 11.9 Å². The molecule has 114 valence electrons. The predicted octanol–water partition coefficient (Wildman–Crippen LogP) is 2.77. The fourth-order valence-electron chi connectivity index (χ4n) is 2.52. The van der Waals surface area contributed by atoms with Crippen LogP contribution in [-0.4, -0.2) is 29.7 Å². The summed E-state index contributed by atoms with van der Waals surface area (Å²) in [5, 5.41) is 11.8. The van der Waals surface area contributed by atoms with Gasteiger partial charge in [0.1, 0.15) is 0 Å². The number of carbonyl (C=O) groups excluding carboxylic acids is 1. The van der Waals surface area contributed by atoms with Crippen molar-refractivity contribution in [2.75, 3.05) is 12.4 Å². The highest BCUT2D eigenvalue weighted by Crippen LogP contribution is 2.38. The van der Waals surface area contributed by atoms with E-state index in [1.165, 1.54) is 0 Å². The zero-order valence-electron chi connectivity index (χ0n) is 12.4. The topological polar surface area (TPSA) is 75.6 Å². The van der Waals surface area contributed by atoms with E-state index in [0.29, 0.717) is 17.7 Å². The first kappa shape index (κ1) is 15.5. The van der Waals surface area contributed by atoms with Gasteiger partial charge in [-0.2, -0.15) is 0 Å². The number of carbonyl (C=O) groups is 2. The summed E-state index contributed by atoms with van der Waals surface area (Å²) in [6, 6.07) is 6.91. The van der Waals surface area contributed by atoms with Crippen LogP contribution in [0.4, 0.5) is 5.69 Å². The number of amides is 1. The molecule has 0 spiro atoms. The number of aliphatic carboxylic acids is 1. The van der Waals surface area contributed by atoms with Crippen molar-refractivity contribution in [1.29, 1.82) is 0 Å². The van der Waals surface area contributed by atoms with Crippen molar-refractivity contribution < 1.29 is 19.4 Å². The lowest BCUT2D eigenvalue weighted by molar-refractivity contribution is -0.138. The smallest absolute Gasteiger partial charge is 0.310 e. The number of carboxylic acid groups (broad SMARTS) is 1. The van der Waals surface area contributed by atoms with Crippen LogP contribution in [0.25, 0.3) is 0 Å². The maximum absolute atomic E-state index is 12.0. The maximum Gasteiger partial charge on any atom is 0.310 e. The van der Waals surface area contributed by atoms with E-state index in [4.69, 9.17) is 9.84 Å². The van der Waals surface area contributed by atoms with E-state index in [1.807, 2.05) is 0 Å². The molecule has 5 heteroatoms. The Morgan fingerprint density at radius 1 is 1.33 bits per heavy atom. The van der Waals surface area contributed by atoms with Crippen molar-refractivity contribution in [1.82, 2.24) is 0 Å². The van der Waals surface area contributed by atoms with E-state index in [-0.39, 0.29) is 11.5 Å². The second-order valence-corrected chi connectivity index (χ2v) is 5.65. The lowest BCUT2D eigenvalue weighted by atomic mass is 9.77. The first-order chi connectivity index (χ1) is 9.96. The second-order valence-electron chi connectivity index (χ2n) is 5.65. The number of carboxylic acids is 1. The van der Waals surface area contributed by atoms with Gasteiger partial charge in [0.2, 0.25) is 5.91 Å². The van der Waals surface area contributed by atoms with Crippen molar-refractivity contribution >= 4 is 17.6 Å². The summed E-state index contributed by atoms with van der Waals surface area (Å²) in [4.78, 5) is 22.9. The quantitative estimate of drug-likeness (QED) is 0.845. The van der Waals surface area contributed by atoms with Crippen molar-refractivity contribution in [3.63, 3.8) is 0 Å². The Labute approximate surface area is 124 Å². The number of nitrogens with one attached hydrogen (secondary N) is 1. The number of hydrogen-bond acceptors (Lipinski definition) is 3. The molecule has 1 aromatic rings. The third-order valence-corrected chi connectivity index (χ3v) is 4.25. The molecule has 0 saturated heterocycles. The second kappa shape index (κ2) is 6.26. The summed E-state index contributed by atoms with van der Waals surface area (Å²) in [6.45, 7) is 1.63. The Hall–Kier alpha value is -1.88. The first-order valence-corrected chi connectivity index (χ1v) is 7.13. The molecule has 0 aliphatic heterocycles. The summed E-state index contributed by atoms with van der Waals surface area (Å²) < 4.78 is 5.43. The molecule has 0 bridgehead atoms. The van der Waals surface area contributed by atoms with Gasteiger partial charge in [-0.1, -0.05) is 12.1 Å². The third-order valence-electron chi connectivity index (χ3n) is 4.25. The molecule has 5 nitrogen and oxygen atoms in total. The average molecular weight is 291 g/mol. The number of benzene rings is 1. The standard InChI is InChI=1S/C16H21NO4/c1-11(15(19)20)12-4-6-13(7-5-12)17-14(18)10-16(21-2)8-3-9-16/h4-7,11H,3,8-10H2,1-2H3,(H,17,18)(H,19,20). The molecule has 2 rings (SSSR count). The highest BCUT2D eigenvalue weighted by Gasteiger charge is 2.38. The molecule has 2 N–H and O–H groups in total. The number of hydrogen-bond donors (Lipinski definition) is 2. The molecule has 1 fully saturated rings. The first-order valence-electron chi connectivity index (χ1n) is 7.13. The van der Waals surface area contributed by atoms with E-state index in [1.54, 1.807) is 38.3 Å². The van der Waals surface area contributed by atoms with Crippen LogP contribution in [0.5, 0.6) is 0 Å². The average Bonchev–Trinajstić information content (AvgIpc) is 2.43. The molecule has 0 radical (unpaired) electrons. The Balaban J connectivity index is 1.94. The highest BCUT2D eigenvalue weighted by atomic mass is 16.5. The van der Waals surface area contributed by atoms with Gasteiger partial charge in [-0.05, 0) is 43.9 Å². The van der Waals surface area contributed by atoms with Crippen LogP contribution in [0.15, 0.2) is 24.3 Å². The Morgan fingerprint density at radius 3 is 2.38 bits per heavy atom. The minimum Gasteiger partial charge on any atom is -0.481 e. The summed E-state index contributed by atoms with van der Waals surface area (Å²) in [7, 11) is 1.65. The molecule has 0 heterocycles. The minimum absolute atomic E-state index is 0.0735. The van der Waals surface area contributed by atoms with Crippen molar-refractivity contribution in [3.05, 3.63) is 29.8 Å². The van der Waals surface area contributed by atoms with Crippen LogP contribution in [0.1, 0.15) is 44.1 Å². The van der Waals surface area contributed by atoms with Crippen LogP contribution in [-0.2, 0) is 14.3 Å². The summed E-state index contributed by atoms with van der Waals surface area (Å²) in [5.74, 6) is -1.49. The molecule has 1 unspecified atom stereocenters. The van der Waals surface area contributed by atoms with Gasteiger partial charge in [0, 0.05) is 12.8 Å². The molecule has 0 aromatic heterocycles.